The highest BCUT2D eigenvalue weighted by Crippen LogP contribution is 1.97. The second kappa shape index (κ2) is 6.50. The van der Waals surface area contributed by atoms with E-state index in [1.165, 1.54) is 0 Å². The van der Waals surface area contributed by atoms with Crippen LogP contribution in [0.5, 0.6) is 0 Å². The lowest BCUT2D eigenvalue weighted by molar-refractivity contribution is 0.115. The summed E-state index contributed by atoms with van der Waals surface area (Å²) in [6.07, 6.45) is 2.64. The summed E-state index contributed by atoms with van der Waals surface area (Å²) in [5.74, 6) is 0.906. The lowest BCUT2D eigenvalue weighted by Gasteiger charge is -2.05. The van der Waals surface area contributed by atoms with Gasteiger partial charge in [-0.1, -0.05) is 6.92 Å². The highest BCUT2D eigenvalue weighted by molar-refractivity contribution is 4.81. The Morgan fingerprint density at radius 3 is 3.14 bits per heavy atom. The number of rotatable bonds is 7. The van der Waals surface area contributed by atoms with E-state index in [1.807, 2.05) is 11.7 Å². The fourth-order valence-electron chi connectivity index (χ4n) is 1.14. The summed E-state index contributed by atoms with van der Waals surface area (Å²) >= 11 is 0. The van der Waals surface area contributed by atoms with E-state index in [2.05, 4.69) is 22.3 Å². The topological polar surface area (TPSA) is 52.0 Å². The molecule has 5 nitrogen and oxygen atoms in total. The van der Waals surface area contributed by atoms with E-state index >= 15 is 0 Å². The summed E-state index contributed by atoms with van der Waals surface area (Å²) in [5.41, 5.74) is 0. The van der Waals surface area contributed by atoms with Gasteiger partial charge in [-0.05, 0) is 13.5 Å². The van der Waals surface area contributed by atoms with Crippen LogP contribution in [0.1, 0.15) is 19.2 Å². The molecule has 1 aromatic rings. The van der Waals surface area contributed by atoms with Gasteiger partial charge in [0, 0.05) is 13.1 Å². The van der Waals surface area contributed by atoms with Crippen molar-refractivity contribution in [2.75, 3.05) is 20.2 Å². The molecule has 14 heavy (non-hydrogen) atoms. The van der Waals surface area contributed by atoms with Crippen LogP contribution in [-0.2, 0) is 17.9 Å². The maximum Gasteiger partial charge on any atom is 0.152 e. The highest BCUT2D eigenvalue weighted by Gasteiger charge is 2.02. The quantitative estimate of drug-likeness (QED) is 0.645. The fraction of sp³-hybridized carbons (Fsp3) is 0.778. The second-order valence-corrected chi connectivity index (χ2v) is 3.06. The normalized spacial score (nSPS) is 10.7. The van der Waals surface area contributed by atoms with E-state index in [0.717, 1.165) is 25.3 Å². The average Bonchev–Trinajstić information content (AvgIpc) is 2.61. The zero-order valence-electron chi connectivity index (χ0n) is 8.86. The highest BCUT2D eigenvalue weighted by atomic mass is 16.5. The molecule has 1 aromatic heterocycles. The molecule has 0 saturated carbocycles. The number of likely N-dealkylation sites (N-methyl/N-ethyl adjacent to an activating group) is 1. The Hall–Kier alpha value is -0.940. The molecule has 0 spiro atoms. The fourth-order valence-corrected chi connectivity index (χ4v) is 1.14. The molecule has 0 aromatic carbocycles. The third-order valence-corrected chi connectivity index (χ3v) is 1.86. The van der Waals surface area contributed by atoms with E-state index in [9.17, 15) is 0 Å². The molecule has 0 aliphatic rings. The lowest BCUT2D eigenvalue weighted by atomic mass is 10.5. The van der Waals surface area contributed by atoms with Crippen molar-refractivity contribution >= 4 is 0 Å². The summed E-state index contributed by atoms with van der Waals surface area (Å²) in [6.45, 7) is 5.14. The van der Waals surface area contributed by atoms with Crippen molar-refractivity contribution in [1.82, 2.24) is 20.1 Å². The maximum absolute atomic E-state index is 5.42. The molecule has 1 heterocycles. The van der Waals surface area contributed by atoms with Crippen molar-refractivity contribution in [2.45, 2.75) is 26.5 Å². The molecule has 80 valence electrons. The van der Waals surface area contributed by atoms with Gasteiger partial charge < -0.3 is 10.1 Å². The minimum Gasteiger partial charge on any atom is -0.372 e. The Balaban J connectivity index is 2.30. The minimum absolute atomic E-state index is 0.543. The minimum atomic E-state index is 0.543. The Kier molecular flexibility index (Phi) is 5.17. The summed E-state index contributed by atoms with van der Waals surface area (Å²) in [7, 11) is 1.91. The van der Waals surface area contributed by atoms with Crippen molar-refractivity contribution in [3.8, 4) is 0 Å². The first-order valence-corrected chi connectivity index (χ1v) is 4.97. The zero-order valence-corrected chi connectivity index (χ0v) is 8.86. The van der Waals surface area contributed by atoms with E-state index < -0.39 is 0 Å². The average molecular weight is 198 g/mol. The van der Waals surface area contributed by atoms with Crippen LogP contribution in [0, 0.1) is 0 Å². The molecule has 0 radical (unpaired) electrons. The van der Waals surface area contributed by atoms with Gasteiger partial charge in [0.1, 0.15) is 12.9 Å². The molecule has 1 rings (SSSR count). The van der Waals surface area contributed by atoms with Crippen LogP contribution in [-0.4, -0.2) is 35.0 Å². The Morgan fingerprint density at radius 1 is 1.57 bits per heavy atom. The van der Waals surface area contributed by atoms with Crippen LogP contribution in [0.15, 0.2) is 6.33 Å². The molecule has 0 bridgehead atoms. The molecular formula is C9H18N4O. The Morgan fingerprint density at radius 2 is 2.43 bits per heavy atom. The number of ether oxygens (including phenoxy) is 1. The SMILES string of the molecule is CCCn1ncnc1COCCNC. The van der Waals surface area contributed by atoms with E-state index in [-0.39, 0.29) is 0 Å². The van der Waals surface area contributed by atoms with E-state index in [4.69, 9.17) is 4.74 Å². The van der Waals surface area contributed by atoms with Gasteiger partial charge in [-0.25, -0.2) is 9.67 Å². The standard InChI is InChI=1S/C9H18N4O/c1-3-5-13-9(11-8-12-13)7-14-6-4-10-2/h8,10H,3-7H2,1-2H3. The molecule has 0 amide bonds. The van der Waals surface area contributed by atoms with E-state index in [0.29, 0.717) is 13.2 Å². The van der Waals surface area contributed by atoms with Gasteiger partial charge in [0.25, 0.3) is 0 Å². The maximum atomic E-state index is 5.42. The largest absolute Gasteiger partial charge is 0.372 e. The Bertz CT molecular complexity index is 249. The molecule has 0 saturated heterocycles. The van der Waals surface area contributed by atoms with Gasteiger partial charge in [-0.3, -0.25) is 0 Å². The van der Waals surface area contributed by atoms with Crippen LogP contribution in [0.2, 0.25) is 0 Å². The third-order valence-electron chi connectivity index (χ3n) is 1.86. The van der Waals surface area contributed by atoms with Crippen molar-refractivity contribution in [3.63, 3.8) is 0 Å². The van der Waals surface area contributed by atoms with Crippen LogP contribution >= 0.6 is 0 Å². The summed E-state index contributed by atoms with van der Waals surface area (Å²) in [5, 5.41) is 7.13. The van der Waals surface area contributed by atoms with Crippen LogP contribution < -0.4 is 5.32 Å². The third kappa shape index (κ3) is 3.43. The van der Waals surface area contributed by atoms with Gasteiger partial charge in [-0.15, -0.1) is 0 Å². The molecule has 0 aliphatic heterocycles. The summed E-state index contributed by atoms with van der Waals surface area (Å²) in [6, 6.07) is 0. The van der Waals surface area contributed by atoms with Crippen molar-refractivity contribution < 1.29 is 4.74 Å². The summed E-state index contributed by atoms with van der Waals surface area (Å²) in [4.78, 5) is 4.14. The van der Waals surface area contributed by atoms with Crippen molar-refractivity contribution in [1.29, 1.82) is 0 Å². The molecular weight excluding hydrogens is 180 g/mol. The number of nitrogens with zero attached hydrogens (tertiary/aromatic N) is 3. The number of hydrogen-bond acceptors (Lipinski definition) is 4. The van der Waals surface area contributed by atoms with Gasteiger partial charge in [-0.2, -0.15) is 5.10 Å². The van der Waals surface area contributed by atoms with Crippen LogP contribution in [0.25, 0.3) is 0 Å². The monoisotopic (exact) mass is 198 g/mol. The zero-order chi connectivity index (χ0) is 10.2. The molecule has 0 aliphatic carbocycles. The number of aryl methyl sites for hydroxylation is 1. The molecule has 5 heteroatoms. The molecule has 0 atom stereocenters. The molecule has 1 N–H and O–H groups in total. The van der Waals surface area contributed by atoms with Gasteiger partial charge in [0.05, 0.1) is 6.61 Å². The van der Waals surface area contributed by atoms with Crippen LogP contribution in [0.3, 0.4) is 0 Å². The summed E-state index contributed by atoms with van der Waals surface area (Å²) < 4.78 is 7.31. The van der Waals surface area contributed by atoms with Gasteiger partial charge >= 0.3 is 0 Å². The lowest BCUT2D eigenvalue weighted by Crippen LogP contribution is -2.15. The Labute approximate surface area is 84.5 Å². The molecule has 0 unspecified atom stereocenters. The number of nitrogens with one attached hydrogen (secondary N) is 1. The number of hydrogen-bond donors (Lipinski definition) is 1. The van der Waals surface area contributed by atoms with Gasteiger partial charge in [0.15, 0.2) is 5.82 Å². The van der Waals surface area contributed by atoms with Crippen molar-refractivity contribution in [3.05, 3.63) is 12.2 Å². The second-order valence-electron chi connectivity index (χ2n) is 3.06. The van der Waals surface area contributed by atoms with Gasteiger partial charge in [0.2, 0.25) is 0 Å². The first-order valence-electron chi connectivity index (χ1n) is 4.97. The predicted molar refractivity (Wildman–Crippen MR) is 53.9 cm³/mol. The van der Waals surface area contributed by atoms with E-state index in [1.54, 1.807) is 6.33 Å². The van der Waals surface area contributed by atoms with Crippen molar-refractivity contribution in [2.24, 2.45) is 0 Å². The first-order chi connectivity index (χ1) is 6.88. The van der Waals surface area contributed by atoms with Crippen LogP contribution in [0.4, 0.5) is 0 Å². The smallest absolute Gasteiger partial charge is 0.152 e. The first kappa shape index (κ1) is 11.1. The number of aromatic nitrogens is 3. The molecule has 0 fully saturated rings. The predicted octanol–water partition coefficient (Wildman–Crippen LogP) is 0.424.